The van der Waals surface area contributed by atoms with Crippen LogP contribution in [0.2, 0.25) is 0 Å². The molecule has 1 aromatic carbocycles. The van der Waals surface area contributed by atoms with Crippen molar-refractivity contribution in [2.24, 2.45) is 5.41 Å². The van der Waals surface area contributed by atoms with E-state index in [4.69, 9.17) is 9.47 Å². The summed E-state index contributed by atoms with van der Waals surface area (Å²) in [6, 6.07) is 3.87. The Balaban J connectivity index is 1.74. The van der Waals surface area contributed by atoms with Crippen molar-refractivity contribution in [1.29, 1.82) is 0 Å². The lowest BCUT2D eigenvalue weighted by Crippen LogP contribution is -2.58. The minimum atomic E-state index is -1.46. The summed E-state index contributed by atoms with van der Waals surface area (Å²) in [5.74, 6) is -2.12. The first-order chi connectivity index (χ1) is 15.3. The number of carbonyl (C=O) groups excluding carboxylic acids is 4. The third kappa shape index (κ3) is 4.62. The van der Waals surface area contributed by atoms with Crippen LogP contribution in [0.5, 0.6) is 11.5 Å². The minimum Gasteiger partial charge on any atom is -0.496 e. The van der Waals surface area contributed by atoms with Crippen LogP contribution < -0.4 is 25.6 Å². The molecule has 174 valence electrons. The van der Waals surface area contributed by atoms with E-state index in [1.807, 2.05) is 0 Å². The molecule has 0 spiro atoms. The SMILES string of the molecule is COc1cccc(OC)c1C(=O)NNC(=O)C1(C(=O)N[C@H]2CC(=O)OC2O)CCCCC1. The highest BCUT2D eigenvalue weighted by Gasteiger charge is 2.48. The van der Waals surface area contributed by atoms with E-state index in [0.29, 0.717) is 12.8 Å². The summed E-state index contributed by atoms with van der Waals surface area (Å²) in [6.45, 7) is 0. The molecule has 3 amide bonds. The van der Waals surface area contributed by atoms with Gasteiger partial charge in [-0.05, 0) is 25.0 Å². The lowest BCUT2D eigenvalue weighted by Gasteiger charge is -2.35. The third-order valence-corrected chi connectivity index (χ3v) is 5.82. The van der Waals surface area contributed by atoms with Crippen LogP contribution in [-0.2, 0) is 19.1 Å². The number of hydrazine groups is 1. The summed E-state index contributed by atoms with van der Waals surface area (Å²) >= 11 is 0. The summed E-state index contributed by atoms with van der Waals surface area (Å²) < 4.78 is 15.1. The molecule has 4 N–H and O–H groups in total. The lowest BCUT2D eigenvalue weighted by atomic mass is 9.72. The van der Waals surface area contributed by atoms with Crippen LogP contribution in [-0.4, -0.2) is 55.3 Å². The van der Waals surface area contributed by atoms with Crippen molar-refractivity contribution in [3.8, 4) is 11.5 Å². The van der Waals surface area contributed by atoms with Gasteiger partial charge in [-0.2, -0.15) is 0 Å². The van der Waals surface area contributed by atoms with Gasteiger partial charge in [0.05, 0.1) is 20.6 Å². The van der Waals surface area contributed by atoms with Crippen molar-refractivity contribution in [2.75, 3.05) is 14.2 Å². The first kappa shape index (κ1) is 23.3. The largest absolute Gasteiger partial charge is 0.496 e. The van der Waals surface area contributed by atoms with E-state index in [0.717, 1.165) is 6.42 Å². The Hall–Kier alpha value is -3.34. The Morgan fingerprint density at radius 2 is 1.66 bits per heavy atom. The second kappa shape index (κ2) is 9.86. The van der Waals surface area contributed by atoms with Crippen LogP contribution in [0.4, 0.5) is 0 Å². The number of carbonyl (C=O) groups is 4. The van der Waals surface area contributed by atoms with Gasteiger partial charge >= 0.3 is 5.97 Å². The van der Waals surface area contributed by atoms with Gasteiger partial charge in [-0.25, -0.2) is 0 Å². The lowest BCUT2D eigenvalue weighted by molar-refractivity contribution is -0.157. The number of rotatable bonds is 6. The number of amides is 3. The van der Waals surface area contributed by atoms with Crippen molar-refractivity contribution in [3.63, 3.8) is 0 Å². The number of cyclic esters (lactones) is 1. The fourth-order valence-corrected chi connectivity index (χ4v) is 4.06. The molecule has 2 atom stereocenters. The van der Waals surface area contributed by atoms with Crippen LogP contribution in [0.3, 0.4) is 0 Å². The van der Waals surface area contributed by atoms with Gasteiger partial charge in [-0.1, -0.05) is 25.3 Å². The Kier molecular flexibility index (Phi) is 7.18. The smallest absolute Gasteiger partial charge is 0.310 e. The number of methoxy groups -OCH3 is 2. The molecule has 0 bridgehead atoms. The molecule has 1 saturated heterocycles. The van der Waals surface area contributed by atoms with Crippen molar-refractivity contribution in [3.05, 3.63) is 23.8 Å². The maximum Gasteiger partial charge on any atom is 0.310 e. The van der Waals surface area contributed by atoms with Crippen molar-refractivity contribution < 1.29 is 38.5 Å². The number of hydrogen-bond acceptors (Lipinski definition) is 8. The molecule has 1 aromatic rings. The van der Waals surface area contributed by atoms with Crippen LogP contribution >= 0.6 is 0 Å². The predicted octanol–water partition coefficient (Wildman–Crippen LogP) is 0.165. The van der Waals surface area contributed by atoms with Gasteiger partial charge in [0, 0.05) is 0 Å². The second-order valence-electron chi connectivity index (χ2n) is 7.75. The quantitative estimate of drug-likeness (QED) is 0.272. The maximum atomic E-state index is 13.1. The third-order valence-electron chi connectivity index (χ3n) is 5.82. The highest BCUT2D eigenvalue weighted by molar-refractivity contribution is 6.07. The summed E-state index contributed by atoms with van der Waals surface area (Å²) in [4.78, 5) is 50.3. The van der Waals surface area contributed by atoms with Gasteiger partial charge in [0.2, 0.25) is 12.2 Å². The molecule has 3 rings (SSSR count). The standard InChI is InChI=1S/C21H27N3O8/c1-30-13-7-6-8-14(31-2)16(13)17(26)23-24-20(29)21(9-4-3-5-10-21)19(28)22-12-11-15(25)32-18(12)27/h6-8,12,18,27H,3-5,9-11H2,1-2H3,(H,22,28)(H,23,26)(H,24,29)/t12-,18?/m0/s1. The summed E-state index contributed by atoms with van der Waals surface area (Å²) in [5.41, 5.74) is 3.31. The Morgan fingerprint density at radius 1 is 1.03 bits per heavy atom. The van der Waals surface area contributed by atoms with E-state index in [1.54, 1.807) is 18.2 Å². The number of benzene rings is 1. The molecule has 1 aliphatic carbocycles. The molecular weight excluding hydrogens is 422 g/mol. The van der Waals surface area contributed by atoms with E-state index in [2.05, 4.69) is 20.9 Å². The minimum absolute atomic E-state index is 0.0877. The fraction of sp³-hybridized carbons (Fsp3) is 0.524. The van der Waals surface area contributed by atoms with E-state index < -0.39 is 41.4 Å². The molecule has 1 heterocycles. The molecule has 11 heteroatoms. The molecule has 32 heavy (non-hydrogen) atoms. The molecule has 2 fully saturated rings. The highest BCUT2D eigenvalue weighted by Crippen LogP contribution is 2.37. The first-order valence-electron chi connectivity index (χ1n) is 10.3. The van der Waals surface area contributed by atoms with Gasteiger partial charge in [-0.15, -0.1) is 0 Å². The summed E-state index contributed by atoms with van der Waals surface area (Å²) in [6.07, 6.45) is 1.00. The Morgan fingerprint density at radius 3 is 2.19 bits per heavy atom. The van der Waals surface area contributed by atoms with Crippen LogP contribution in [0.25, 0.3) is 0 Å². The molecular formula is C21H27N3O8. The topological polar surface area (TPSA) is 152 Å². The van der Waals surface area contributed by atoms with E-state index >= 15 is 0 Å². The molecule has 0 radical (unpaired) electrons. The van der Waals surface area contributed by atoms with Crippen LogP contribution in [0.1, 0.15) is 48.9 Å². The molecule has 2 aliphatic rings. The summed E-state index contributed by atoms with van der Waals surface area (Å²) in [5, 5.41) is 12.3. The van der Waals surface area contributed by atoms with Gasteiger partial charge < -0.3 is 24.6 Å². The zero-order valence-corrected chi connectivity index (χ0v) is 17.9. The molecule has 0 aromatic heterocycles. The molecule has 1 aliphatic heterocycles. The summed E-state index contributed by atoms with van der Waals surface area (Å²) in [7, 11) is 2.80. The Labute approximate surface area is 184 Å². The number of ether oxygens (including phenoxy) is 3. The maximum absolute atomic E-state index is 13.1. The van der Waals surface area contributed by atoms with E-state index in [1.165, 1.54) is 14.2 Å². The fourth-order valence-electron chi connectivity index (χ4n) is 4.06. The van der Waals surface area contributed by atoms with Crippen molar-refractivity contribution >= 4 is 23.7 Å². The molecule has 1 unspecified atom stereocenters. The number of esters is 1. The van der Waals surface area contributed by atoms with E-state index in [9.17, 15) is 24.3 Å². The monoisotopic (exact) mass is 449 g/mol. The van der Waals surface area contributed by atoms with Gasteiger partial charge in [0.15, 0.2) is 0 Å². The number of aliphatic hydroxyl groups excluding tert-OH is 1. The van der Waals surface area contributed by atoms with Crippen molar-refractivity contribution in [2.45, 2.75) is 50.9 Å². The zero-order chi connectivity index (χ0) is 23.3. The number of nitrogens with one attached hydrogen (secondary N) is 3. The molecule has 11 nitrogen and oxygen atoms in total. The normalized spacial score (nSPS) is 21.8. The van der Waals surface area contributed by atoms with E-state index in [-0.39, 0.29) is 36.3 Å². The number of hydrogen-bond donors (Lipinski definition) is 4. The Bertz CT molecular complexity index is 875. The van der Waals surface area contributed by atoms with Gasteiger partial charge in [-0.3, -0.25) is 30.0 Å². The highest BCUT2D eigenvalue weighted by atomic mass is 16.6. The second-order valence-corrected chi connectivity index (χ2v) is 7.75. The van der Waals surface area contributed by atoms with Crippen LogP contribution in [0.15, 0.2) is 18.2 Å². The van der Waals surface area contributed by atoms with Gasteiger partial charge in [0.1, 0.15) is 28.5 Å². The average Bonchev–Trinajstić information content (AvgIpc) is 3.13. The van der Waals surface area contributed by atoms with Crippen molar-refractivity contribution in [1.82, 2.24) is 16.2 Å². The van der Waals surface area contributed by atoms with Crippen LogP contribution in [0, 0.1) is 5.41 Å². The molecule has 1 saturated carbocycles. The number of aliphatic hydroxyl groups is 1. The zero-order valence-electron chi connectivity index (χ0n) is 17.9. The first-order valence-corrected chi connectivity index (χ1v) is 10.3. The average molecular weight is 449 g/mol. The van der Waals surface area contributed by atoms with Gasteiger partial charge in [0.25, 0.3) is 11.8 Å². The predicted molar refractivity (Wildman–Crippen MR) is 109 cm³/mol.